The normalized spacial score (nSPS) is 15.7. The molecule has 1 aliphatic heterocycles. The van der Waals surface area contributed by atoms with Crippen molar-refractivity contribution >= 4 is 17.8 Å². The van der Waals surface area contributed by atoms with E-state index in [0.29, 0.717) is 6.54 Å². The molecule has 2 aromatic carbocycles. The summed E-state index contributed by atoms with van der Waals surface area (Å²) in [6, 6.07) is 20.9. The van der Waals surface area contributed by atoms with Gasteiger partial charge in [0.15, 0.2) is 0 Å². The molecule has 0 saturated carbocycles. The molecular weight excluding hydrogens is 366 g/mol. The lowest BCUT2D eigenvalue weighted by molar-refractivity contribution is 0.178. The van der Waals surface area contributed by atoms with Gasteiger partial charge >= 0.3 is 6.03 Å². The Balaban J connectivity index is 1.87. The van der Waals surface area contributed by atoms with Crippen LogP contribution in [-0.2, 0) is 6.54 Å². The van der Waals surface area contributed by atoms with Gasteiger partial charge in [-0.2, -0.15) is 0 Å². The minimum Gasteiger partial charge on any atom is -0.336 e. The van der Waals surface area contributed by atoms with Gasteiger partial charge < -0.3 is 14.8 Å². The van der Waals surface area contributed by atoms with E-state index < -0.39 is 0 Å². The Morgan fingerprint density at radius 1 is 1.07 bits per heavy atom. The van der Waals surface area contributed by atoms with Crippen LogP contribution in [0.4, 0.5) is 4.79 Å². The lowest BCUT2D eigenvalue weighted by atomic mass is 10.0. The summed E-state index contributed by atoms with van der Waals surface area (Å²) in [6.45, 7) is 4.55. The van der Waals surface area contributed by atoms with E-state index >= 15 is 0 Å². The van der Waals surface area contributed by atoms with Crippen LogP contribution >= 0.6 is 11.8 Å². The van der Waals surface area contributed by atoms with Crippen molar-refractivity contribution in [2.45, 2.75) is 37.4 Å². The van der Waals surface area contributed by atoms with Crippen molar-refractivity contribution in [3.05, 3.63) is 83.7 Å². The van der Waals surface area contributed by atoms with E-state index in [2.05, 4.69) is 76.9 Å². The second kappa shape index (κ2) is 7.76. The number of benzene rings is 2. The minimum absolute atomic E-state index is 0.0432. The summed E-state index contributed by atoms with van der Waals surface area (Å²) in [5, 5.41) is 3.09. The summed E-state index contributed by atoms with van der Waals surface area (Å²) < 4.78 is 2.21. The molecule has 4 rings (SSSR count). The molecular formula is C23H25N3OS. The predicted octanol–water partition coefficient (Wildman–Crippen LogP) is 5.22. The van der Waals surface area contributed by atoms with Crippen LogP contribution in [0.15, 0.2) is 71.8 Å². The highest BCUT2D eigenvalue weighted by Gasteiger charge is 2.33. The maximum absolute atomic E-state index is 13.2. The zero-order valence-corrected chi connectivity index (χ0v) is 17.2. The Kier molecular flexibility index (Phi) is 5.18. The van der Waals surface area contributed by atoms with Gasteiger partial charge in [0, 0.05) is 22.8 Å². The predicted molar refractivity (Wildman–Crippen MR) is 115 cm³/mol. The van der Waals surface area contributed by atoms with E-state index in [1.54, 1.807) is 11.8 Å². The number of para-hydroxylation sites is 1. The summed E-state index contributed by atoms with van der Waals surface area (Å²) in [4.78, 5) is 16.4. The summed E-state index contributed by atoms with van der Waals surface area (Å²) >= 11 is 1.72. The first-order valence-electron chi connectivity index (χ1n) is 9.55. The molecule has 0 unspecified atom stereocenters. The largest absolute Gasteiger partial charge is 0.336 e. The summed E-state index contributed by atoms with van der Waals surface area (Å²) in [6.07, 6.45) is 4.16. The number of amides is 2. The standard InChI is InChI=1S/C23H25N3OS/c1-16(2)24-23(27)26-15-18-7-4-5-8-20(18)25-14-6-9-21(25)22(26)17-10-12-19(28-3)13-11-17/h4-14,16,22H,15H2,1-3H3,(H,24,27)/t22-/m1/s1. The van der Waals surface area contributed by atoms with Crippen molar-refractivity contribution < 1.29 is 4.79 Å². The monoisotopic (exact) mass is 391 g/mol. The molecule has 0 spiro atoms. The van der Waals surface area contributed by atoms with Gasteiger partial charge in [0.2, 0.25) is 0 Å². The van der Waals surface area contributed by atoms with Crippen LogP contribution in [0.25, 0.3) is 5.69 Å². The van der Waals surface area contributed by atoms with Gasteiger partial charge in [-0.15, -0.1) is 11.8 Å². The van der Waals surface area contributed by atoms with Crippen LogP contribution < -0.4 is 5.32 Å². The quantitative estimate of drug-likeness (QED) is 0.621. The van der Waals surface area contributed by atoms with E-state index in [1.165, 1.54) is 4.90 Å². The van der Waals surface area contributed by atoms with Crippen molar-refractivity contribution in [2.24, 2.45) is 0 Å². The van der Waals surface area contributed by atoms with Crippen molar-refractivity contribution in [2.75, 3.05) is 6.26 Å². The average molecular weight is 392 g/mol. The van der Waals surface area contributed by atoms with Crippen LogP contribution in [0.3, 0.4) is 0 Å². The number of nitrogens with zero attached hydrogens (tertiary/aromatic N) is 2. The maximum atomic E-state index is 13.2. The highest BCUT2D eigenvalue weighted by molar-refractivity contribution is 7.98. The molecule has 2 heterocycles. The summed E-state index contributed by atoms with van der Waals surface area (Å²) in [5.41, 5.74) is 4.49. The first kappa shape index (κ1) is 18.7. The van der Waals surface area contributed by atoms with Gasteiger partial charge in [-0.3, -0.25) is 0 Å². The molecule has 1 N–H and O–H groups in total. The van der Waals surface area contributed by atoms with Crippen molar-refractivity contribution in [1.82, 2.24) is 14.8 Å². The molecule has 1 aromatic heterocycles. The molecule has 0 radical (unpaired) electrons. The fourth-order valence-corrected chi connectivity index (χ4v) is 4.21. The smallest absolute Gasteiger partial charge is 0.318 e. The Morgan fingerprint density at radius 2 is 1.82 bits per heavy atom. The number of thioether (sulfide) groups is 1. The molecule has 3 aromatic rings. The summed E-state index contributed by atoms with van der Waals surface area (Å²) in [5.74, 6) is 0. The van der Waals surface area contributed by atoms with E-state index in [-0.39, 0.29) is 18.1 Å². The Morgan fingerprint density at radius 3 is 2.54 bits per heavy atom. The van der Waals surface area contributed by atoms with Crippen LogP contribution in [0.1, 0.15) is 36.7 Å². The summed E-state index contributed by atoms with van der Waals surface area (Å²) in [7, 11) is 0. The van der Waals surface area contributed by atoms with E-state index in [9.17, 15) is 4.79 Å². The molecule has 1 atom stereocenters. The number of nitrogens with one attached hydrogen (secondary N) is 1. The van der Waals surface area contributed by atoms with Gasteiger partial charge in [0.25, 0.3) is 0 Å². The van der Waals surface area contributed by atoms with Gasteiger partial charge in [-0.1, -0.05) is 30.3 Å². The Labute approximate surface area is 170 Å². The van der Waals surface area contributed by atoms with E-state index in [4.69, 9.17) is 0 Å². The number of hydrogen-bond acceptors (Lipinski definition) is 2. The number of fused-ring (bicyclic) bond motifs is 3. The van der Waals surface area contributed by atoms with E-state index in [1.807, 2.05) is 24.8 Å². The number of rotatable bonds is 3. The lowest BCUT2D eigenvalue weighted by Crippen LogP contribution is -2.44. The van der Waals surface area contributed by atoms with E-state index in [0.717, 1.165) is 22.5 Å². The van der Waals surface area contributed by atoms with Gasteiger partial charge in [-0.25, -0.2) is 4.79 Å². The molecule has 0 bridgehead atoms. The highest BCUT2D eigenvalue weighted by atomic mass is 32.2. The fourth-order valence-electron chi connectivity index (χ4n) is 3.81. The number of carbonyl (C=O) groups excluding carboxylic acids is 1. The number of hydrogen-bond donors (Lipinski definition) is 1. The average Bonchev–Trinajstić information content (AvgIpc) is 3.12. The third-order valence-corrected chi connectivity index (χ3v) is 5.81. The van der Waals surface area contributed by atoms with Crippen LogP contribution in [0.5, 0.6) is 0 Å². The van der Waals surface area contributed by atoms with Crippen LogP contribution in [0.2, 0.25) is 0 Å². The third-order valence-electron chi connectivity index (χ3n) is 5.07. The molecule has 1 aliphatic rings. The highest BCUT2D eigenvalue weighted by Crippen LogP contribution is 2.37. The molecule has 2 amide bonds. The second-order valence-corrected chi connectivity index (χ2v) is 8.22. The molecule has 5 heteroatoms. The maximum Gasteiger partial charge on any atom is 0.318 e. The third kappa shape index (κ3) is 3.42. The molecule has 4 nitrogen and oxygen atoms in total. The lowest BCUT2D eigenvalue weighted by Gasteiger charge is -2.31. The molecule has 0 aliphatic carbocycles. The molecule has 144 valence electrons. The second-order valence-electron chi connectivity index (χ2n) is 7.34. The number of aromatic nitrogens is 1. The van der Waals surface area contributed by atoms with Crippen LogP contribution in [-0.4, -0.2) is 27.8 Å². The van der Waals surface area contributed by atoms with Gasteiger partial charge in [0.1, 0.15) is 0 Å². The van der Waals surface area contributed by atoms with Crippen molar-refractivity contribution in [1.29, 1.82) is 0 Å². The zero-order valence-electron chi connectivity index (χ0n) is 16.4. The van der Waals surface area contributed by atoms with Gasteiger partial charge in [-0.05, 0) is 61.6 Å². The van der Waals surface area contributed by atoms with Crippen molar-refractivity contribution in [3.63, 3.8) is 0 Å². The minimum atomic E-state index is -0.156. The molecule has 28 heavy (non-hydrogen) atoms. The molecule has 0 fully saturated rings. The topological polar surface area (TPSA) is 37.3 Å². The Bertz CT molecular complexity index is 978. The SMILES string of the molecule is CSc1ccc([C@@H]2c3cccn3-c3ccccc3CN2C(=O)NC(C)C)cc1. The number of carbonyl (C=O) groups is 1. The van der Waals surface area contributed by atoms with Crippen molar-refractivity contribution in [3.8, 4) is 5.69 Å². The fraction of sp³-hybridized carbons (Fsp3) is 0.261. The first-order chi connectivity index (χ1) is 13.6. The van der Waals surface area contributed by atoms with Gasteiger partial charge in [0.05, 0.1) is 18.3 Å². The molecule has 0 saturated heterocycles. The Hall–Kier alpha value is -2.66. The zero-order chi connectivity index (χ0) is 19.7. The first-order valence-corrected chi connectivity index (χ1v) is 10.8. The van der Waals surface area contributed by atoms with Crippen LogP contribution in [0, 0.1) is 0 Å². The number of urea groups is 1.